The van der Waals surface area contributed by atoms with Gasteiger partial charge in [-0.2, -0.15) is 0 Å². The van der Waals surface area contributed by atoms with Crippen molar-refractivity contribution in [2.45, 2.75) is 27.2 Å². The molecule has 0 radical (unpaired) electrons. The summed E-state index contributed by atoms with van der Waals surface area (Å²) >= 11 is 0. The Morgan fingerprint density at radius 3 is 2.67 bits per heavy atom. The second-order valence-corrected chi connectivity index (χ2v) is 4.52. The van der Waals surface area contributed by atoms with Crippen molar-refractivity contribution >= 4 is 10.8 Å². The number of rotatable bonds is 2. The van der Waals surface area contributed by atoms with Crippen LogP contribution in [0.1, 0.15) is 25.2 Å². The third kappa shape index (κ3) is 2.17. The Hall–Kier alpha value is -1.37. The molecule has 0 saturated heterocycles. The molecule has 0 aliphatic carbocycles. The van der Waals surface area contributed by atoms with E-state index in [9.17, 15) is 0 Å². The molecule has 0 bridgehead atoms. The van der Waals surface area contributed by atoms with Gasteiger partial charge in [0.1, 0.15) is 0 Å². The van der Waals surface area contributed by atoms with Crippen LogP contribution in [-0.4, -0.2) is 4.98 Å². The second-order valence-electron chi connectivity index (χ2n) is 4.52. The van der Waals surface area contributed by atoms with E-state index in [-0.39, 0.29) is 0 Å². The number of fused-ring (bicyclic) bond motifs is 1. The third-order valence-electron chi connectivity index (χ3n) is 2.60. The van der Waals surface area contributed by atoms with Crippen molar-refractivity contribution in [3.63, 3.8) is 0 Å². The Balaban J connectivity index is 2.52. The normalized spacial score (nSPS) is 11.2. The number of hydrogen-bond donors (Lipinski definition) is 0. The van der Waals surface area contributed by atoms with Crippen LogP contribution in [0.15, 0.2) is 30.3 Å². The summed E-state index contributed by atoms with van der Waals surface area (Å²) in [7, 11) is 0. The maximum atomic E-state index is 4.64. The van der Waals surface area contributed by atoms with Gasteiger partial charge in [-0.3, -0.25) is 4.98 Å². The van der Waals surface area contributed by atoms with Gasteiger partial charge in [-0.1, -0.05) is 38.1 Å². The highest BCUT2D eigenvalue weighted by Crippen LogP contribution is 2.19. The van der Waals surface area contributed by atoms with Gasteiger partial charge >= 0.3 is 0 Å². The standard InChI is InChI=1S/C14H17N/c1-10(2)8-13-9-12-6-4-5-7-14(12)11(3)15-13/h4-7,9-10H,8H2,1-3H3. The highest BCUT2D eigenvalue weighted by molar-refractivity contribution is 5.84. The van der Waals surface area contributed by atoms with Crippen molar-refractivity contribution in [2.24, 2.45) is 5.92 Å². The minimum Gasteiger partial charge on any atom is -0.258 e. The lowest BCUT2D eigenvalue weighted by molar-refractivity contribution is 0.635. The number of benzene rings is 1. The molecule has 1 heterocycles. The van der Waals surface area contributed by atoms with E-state index in [0.717, 1.165) is 12.1 Å². The van der Waals surface area contributed by atoms with Crippen LogP contribution in [0.2, 0.25) is 0 Å². The van der Waals surface area contributed by atoms with Crippen molar-refractivity contribution in [3.05, 3.63) is 41.7 Å². The molecule has 0 amide bonds. The summed E-state index contributed by atoms with van der Waals surface area (Å²) in [5.74, 6) is 0.665. The van der Waals surface area contributed by atoms with E-state index in [1.54, 1.807) is 0 Å². The van der Waals surface area contributed by atoms with Gasteiger partial charge in [-0.05, 0) is 30.7 Å². The number of pyridine rings is 1. The average molecular weight is 199 g/mol. The van der Waals surface area contributed by atoms with Crippen molar-refractivity contribution in [3.8, 4) is 0 Å². The molecule has 1 aromatic carbocycles. The smallest absolute Gasteiger partial charge is 0.0454 e. The molecule has 2 rings (SSSR count). The van der Waals surface area contributed by atoms with E-state index in [0.29, 0.717) is 5.92 Å². The minimum absolute atomic E-state index is 0.665. The fraction of sp³-hybridized carbons (Fsp3) is 0.357. The Labute approximate surface area is 91.2 Å². The maximum Gasteiger partial charge on any atom is 0.0454 e. The molecule has 0 N–H and O–H groups in total. The maximum absolute atomic E-state index is 4.64. The van der Waals surface area contributed by atoms with Crippen LogP contribution in [0, 0.1) is 12.8 Å². The largest absolute Gasteiger partial charge is 0.258 e. The monoisotopic (exact) mass is 199 g/mol. The van der Waals surface area contributed by atoms with Gasteiger partial charge in [-0.25, -0.2) is 0 Å². The molecule has 0 unspecified atom stereocenters. The van der Waals surface area contributed by atoms with E-state index in [1.807, 2.05) is 0 Å². The molecular weight excluding hydrogens is 182 g/mol. The molecule has 1 nitrogen and oxygen atoms in total. The zero-order valence-corrected chi connectivity index (χ0v) is 9.62. The van der Waals surface area contributed by atoms with Crippen LogP contribution < -0.4 is 0 Å². The first-order chi connectivity index (χ1) is 7.16. The Morgan fingerprint density at radius 1 is 1.20 bits per heavy atom. The molecule has 0 aliphatic rings. The fourth-order valence-corrected chi connectivity index (χ4v) is 1.96. The third-order valence-corrected chi connectivity index (χ3v) is 2.60. The summed E-state index contributed by atoms with van der Waals surface area (Å²) in [5.41, 5.74) is 2.35. The van der Waals surface area contributed by atoms with E-state index in [4.69, 9.17) is 0 Å². The predicted octanol–water partition coefficient (Wildman–Crippen LogP) is 3.74. The summed E-state index contributed by atoms with van der Waals surface area (Å²) in [5, 5.41) is 2.57. The second kappa shape index (κ2) is 4.01. The topological polar surface area (TPSA) is 12.9 Å². The summed E-state index contributed by atoms with van der Waals surface area (Å²) in [6, 6.07) is 10.7. The lowest BCUT2D eigenvalue weighted by Gasteiger charge is -2.08. The van der Waals surface area contributed by atoms with Crippen LogP contribution in [0.5, 0.6) is 0 Å². The van der Waals surface area contributed by atoms with E-state index in [1.165, 1.54) is 16.5 Å². The van der Waals surface area contributed by atoms with E-state index >= 15 is 0 Å². The van der Waals surface area contributed by atoms with Gasteiger partial charge in [0.25, 0.3) is 0 Å². The number of nitrogens with zero attached hydrogens (tertiary/aromatic N) is 1. The van der Waals surface area contributed by atoms with E-state index in [2.05, 4.69) is 56.1 Å². The molecule has 78 valence electrons. The highest BCUT2D eigenvalue weighted by Gasteiger charge is 2.03. The quantitative estimate of drug-likeness (QED) is 0.718. The molecule has 0 fully saturated rings. The lowest BCUT2D eigenvalue weighted by Crippen LogP contribution is -1.99. The van der Waals surface area contributed by atoms with Crippen LogP contribution in [0.4, 0.5) is 0 Å². The van der Waals surface area contributed by atoms with Crippen LogP contribution in [0.3, 0.4) is 0 Å². The van der Waals surface area contributed by atoms with Crippen molar-refractivity contribution < 1.29 is 0 Å². The fourth-order valence-electron chi connectivity index (χ4n) is 1.96. The van der Waals surface area contributed by atoms with Gasteiger partial charge < -0.3 is 0 Å². The molecule has 0 aliphatic heterocycles. The molecule has 2 aromatic rings. The molecule has 0 saturated carbocycles. The number of hydrogen-bond acceptors (Lipinski definition) is 1. The van der Waals surface area contributed by atoms with Crippen LogP contribution >= 0.6 is 0 Å². The highest BCUT2D eigenvalue weighted by atomic mass is 14.7. The first-order valence-electron chi connectivity index (χ1n) is 5.52. The molecule has 0 spiro atoms. The van der Waals surface area contributed by atoms with Gasteiger partial charge in [0.15, 0.2) is 0 Å². The first kappa shape index (κ1) is 10.2. The summed E-state index contributed by atoms with van der Waals surface area (Å²) in [6.07, 6.45) is 1.06. The molecule has 1 heteroatoms. The molecular formula is C14H17N. The molecule has 1 aromatic heterocycles. The minimum atomic E-state index is 0.665. The summed E-state index contributed by atoms with van der Waals surface area (Å²) < 4.78 is 0. The lowest BCUT2D eigenvalue weighted by atomic mass is 10.0. The zero-order valence-electron chi connectivity index (χ0n) is 9.62. The van der Waals surface area contributed by atoms with Gasteiger partial charge in [0, 0.05) is 16.8 Å². The van der Waals surface area contributed by atoms with Crippen LogP contribution in [0.25, 0.3) is 10.8 Å². The Kier molecular flexibility index (Phi) is 2.72. The summed E-state index contributed by atoms with van der Waals surface area (Å²) in [4.78, 5) is 4.64. The first-order valence-corrected chi connectivity index (χ1v) is 5.52. The van der Waals surface area contributed by atoms with Crippen molar-refractivity contribution in [1.29, 1.82) is 0 Å². The SMILES string of the molecule is Cc1nc(CC(C)C)cc2ccccc12. The number of aromatic nitrogens is 1. The van der Waals surface area contributed by atoms with Gasteiger partial charge in [0.2, 0.25) is 0 Å². The van der Waals surface area contributed by atoms with Crippen molar-refractivity contribution in [2.75, 3.05) is 0 Å². The summed E-state index contributed by atoms with van der Waals surface area (Å²) in [6.45, 7) is 6.55. The zero-order chi connectivity index (χ0) is 10.8. The molecule has 15 heavy (non-hydrogen) atoms. The Bertz CT molecular complexity index is 472. The van der Waals surface area contributed by atoms with Gasteiger partial charge in [-0.15, -0.1) is 0 Å². The van der Waals surface area contributed by atoms with E-state index < -0.39 is 0 Å². The molecule has 0 atom stereocenters. The van der Waals surface area contributed by atoms with Crippen LogP contribution in [-0.2, 0) is 6.42 Å². The predicted molar refractivity (Wildman–Crippen MR) is 65.0 cm³/mol. The average Bonchev–Trinajstić information content (AvgIpc) is 2.16. The Morgan fingerprint density at radius 2 is 1.93 bits per heavy atom. The van der Waals surface area contributed by atoms with Crippen molar-refractivity contribution in [1.82, 2.24) is 4.98 Å². The van der Waals surface area contributed by atoms with Gasteiger partial charge in [0.05, 0.1) is 0 Å². The number of aryl methyl sites for hydroxylation is 1.